The van der Waals surface area contributed by atoms with E-state index in [1.807, 2.05) is 43.3 Å². The monoisotopic (exact) mass is 363 g/mol. The molecule has 4 nitrogen and oxygen atoms in total. The molecule has 132 valence electrons. The van der Waals surface area contributed by atoms with Crippen molar-refractivity contribution >= 4 is 23.4 Å². The van der Waals surface area contributed by atoms with Gasteiger partial charge in [-0.25, -0.2) is 0 Å². The Morgan fingerprint density at radius 3 is 2.50 bits per heavy atom. The molecular formula is C21H21N3OS. The minimum Gasteiger partial charge on any atom is -0.325 e. The lowest BCUT2D eigenvalue weighted by molar-refractivity contribution is -0.113. The number of anilines is 1. The lowest BCUT2D eigenvalue weighted by atomic mass is 10.0. The number of thioether (sulfide) groups is 1. The van der Waals surface area contributed by atoms with Crippen LogP contribution in [0.15, 0.2) is 59.6 Å². The van der Waals surface area contributed by atoms with Crippen molar-refractivity contribution in [2.75, 3.05) is 11.1 Å². The summed E-state index contributed by atoms with van der Waals surface area (Å²) in [6.07, 6.45) is 0. The number of carbonyl (C=O) groups is 1. The van der Waals surface area contributed by atoms with Gasteiger partial charge in [-0.2, -0.15) is 0 Å². The first kappa shape index (κ1) is 18.1. The molecule has 0 saturated carbocycles. The van der Waals surface area contributed by atoms with Gasteiger partial charge < -0.3 is 5.32 Å². The first-order chi connectivity index (χ1) is 12.5. The second-order valence-corrected chi connectivity index (χ2v) is 7.22. The van der Waals surface area contributed by atoms with Crippen molar-refractivity contribution in [2.24, 2.45) is 0 Å². The van der Waals surface area contributed by atoms with Gasteiger partial charge >= 0.3 is 0 Å². The SMILES string of the molecule is Cc1ccc(C)c(-c2ccc(SCC(=O)Nc3ccccc3C)nn2)c1. The molecule has 1 aromatic heterocycles. The number of amides is 1. The Bertz CT molecular complexity index is 923. The lowest BCUT2D eigenvalue weighted by Gasteiger charge is -2.08. The van der Waals surface area contributed by atoms with Crippen LogP contribution in [0.5, 0.6) is 0 Å². The Kier molecular flexibility index (Phi) is 5.68. The van der Waals surface area contributed by atoms with Crippen LogP contribution < -0.4 is 5.32 Å². The number of hydrogen-bond acceptors (Lipinski definition) is 4. The third-order valence-corrected chi connectivity index (χ3v) is 5.00. The molecule has 0 aliphatic rings. The third-order valence-electron chi connectivity index (χ3n) is 4.08. The van der Waals surface area contributed by atoms with Gasteiger partial charge in [-0.15, -0.1) is 10.2 Å². The summed E-state index contributed by atoms with van der Waals surface area (Å²) in [5, 5.41) is 12.2. The van der Waals surface area contributed by atoms with E-state index in [1.165, 1.54) is 22.9 Å². The molecule has 1 heterocycles. The maximum atomic E-state index is 12.1. The van der Waals surface area contributed by atoms with Crippen molar-refractivity contribution in [3.63, 3.8) is 0 Å². The average Bonchev–Trinajstić information content (AvgIpc) is 2.64. The Morgan fingerprint density at radius 1 is 0.962 bits per heavy atom. The number of carbonyl (C=O) groups excluding carboxylic acids is 1. The van der Waals surface area contributed by atoms with Crippen molar-refractivity contribution in [1.82, 2.24) is 10.2 Å². The topological polar surface area (TPSA) is 54.9 Å². The maximum Gasteiger partial charge on any atom is 0.234 e. The Balaban J connectivity index is 1.62. The van der Waals surface area contributed by atoms with Gasteiger partial charge in [0, 0.05) is 11.3 Å². The third kappa shape index (κ3) is 4.49. The summed E-state index contributed by atoms with van der Waals surface area (Å²) < 4.78 is 0. The summed E-state index contributed by atoms with van der Waals surface area (Å²) in [7, 11) is 0. The smallest absolute Gasteiger partial charge is 0.234 e. The normalized spacial score (nSPS) is 10.6. The number of para-hydroxylation sites is 1. The second-order valence-electron chi connectivity index (χ2n) is 6.23. The Labute approximate surface area is 158 Å². The molecule has 3 rings (SSSR count). The Morgan fingerprint density at radius 2 is 1.77 bits per heavy atom. The van der Waals surface area contributed by atoms with E-state index >= 15 is 0 Å². The molecule has 0 spiro atoms. The molecule has 0 bridgehead atoms. The summed E-state index contributed by atoms with van der Waals surface area (Å²) in [5.41, 5.74) is 6.19. The zero-order valence-electron chi connectivity index (χ0n) is 15.1. The van der Waals surface area contributed by atoms with Gasteiger partial charge in [0.15, 0.2) is 0 Å². The Hall–Kier alpha value is -2.66. The summed E-state index contributed by atoms with van der Waals surface area (Å²) in [6.45, 7) is 6.10. The molecular weight excluding hydrogens is 342 g/mol. The van der Waals surface area contributed by atoms with Gasteiger partial charge in [0.2, 0.25) is 5.91 Å². The molecule has 0 radical (unpaired) electrons. The fourth-order valence-corrected chi connectivity index (χ4v) is 3.21. The molecule has 2 aromatic carbocycles. The van der Waals surface area contributed by atoms with Gasteiger partial charge in [-0.05, 0) is 56.2 Å². The van der Waals surface area contributed by atoms with E-state index in [0.29, 0.717) is 5.75 Å². The molecule has 0 saturated heterocycles. The summed E-state index contributed by atoms with van der Waals surface area (Å²) >= 11 is 1.38. The molecule has 0 atom stereocenters. The molecule has 3 aromatic rings. The van der Waals surface area contributed by atoms with Crippen LogP contribution in [0.1, 0.15) is 16.7 Å². The highest BCUT2D eigenvalue weighted by Crippen LogP contribution is 2.24. The molecule has 0 aliphatic carbocycles. The number of nitrogens with one attached hydrogen (secondary N) is 1. The van der Waals surface area contributed by atoms with Crippen LogP contribution in [0.3, 0.4) is 0 Å². The van der Waals surface area contributed by atoms with E-state index < -0.39 is 0 Å². The molecule has 0 aliphatic heterocycles. The second kappa shape index (κ2) is 8.15. The fourth-order valence-electron chi connectivity index (χ4n) is 2.59. The zero-order chi connectivity index (χ0) is 18.5. The van der Waals surface area contributed by atoms with Gasteiger partial charge in [0.1, 0.15) is 5.03 Å². The van der Waals surface area contributed by atoms with Gasteiger partial charge in [0.05, 0.1) is 11.4 Å². The molecule has 5 heteroatoms. The average molecular weight is 363 g/mol. The van der Waals surface area contributed by atoms with Crippen molar-refractivity contribution in [3.8, 4) is 11.3 Å². The van der Waals surface area contributed by atoms with Gasteiger partial charge in [0.25, 0.3) is 0 Å². The molecule has 0 fully saturated rings. The number of hydrogen-bond donors (Lipinski definition) is 1. The van der Waals surface area contributed by atoms with Crippen LogP contribution in [0.4, 0.5) is 5.69 Å². The van der Waals surface area contributed by atoms with Crippen molar-refractivity contribution in [1.29, 1.82) is 0 Å². The van der Waals surface area contributed by atoms with Gasteiger partial charge in [-0.3, -0.25) is 4.79 Å². The van der Waals surface area contributed by atoms with Crippen LogP contribution in [-0.2, 0) is 4.79 Å². The van der Waals surface area contributed by atoms with E-state index in [0.717, 1.165) is 27.5 Å². The first-order valence-corrected chi connectivity index (χ1v) is 9.41. The van der Waals surface area contributed by atoms with Crippen LogP contribution >= 0.6 is 11.8 Å². The van der Waals surface area contributed by atoms with Gasteiger partial charge in [-0.1, -0.05) is 47.7 Å². The number of aromatic nitrogens is 2. The quantitative estimate of drug-likeness (QED) is 0.662. The van der Waals surface area contributed by atoms with Crippen molar-refractivity contribution in [3.05, 3.63) is 71.3 Å². The predicted molar refractivity (Wildman–Crippen MR) is 107 cm³/mol. The number of rotatable bonds is 5. The van der Waals surface area contributed by atoms with Crippen LogP contribution in [0, 0.1) is 20.8 Å². The number of benzene rings is 2. The van der Waals surface area contributed by atoms with Crippen LogP contribution in [0.25, 0.3) is 11.3 Å². The van der Waals surface area contributed by atoms with E-state index in [9.17, 15) is 4.79 Å². The largest absolute Gasteiger partial charge is 0.325 e. The fraction of sp³-hybridized carbons (Fsp3) is 0.190. The van der Waals surface area contributed by atoms with E-state index in [2.05, 4.69) is 47.6 Å². The zero-order valence-corrected chi connectivity index (χ0v) is 15.9. The summed E-state index contributed by atoms with van der Waals surface area (Å²) in [6, 6.07) is 17.9. The highest BCUT2D eigenvalue weighted by molar-refractivity contribution is 7.99. The minimum atomic E-state index is -0.0512. The number of aryl methyl sites for hydroxylation is 3. The van der Waals surface area contributed by atoms with E-state index in [-0.39, 0.29) is 5.91 Å². The first-order valence-electron chi connectivity index (χ1n) is 8.42. The molecule has 26 heavy (non-hydrogen) atoms. The van der Waals surface area contributed by atoms with E-state index in [1.54, 1.807) is 0 Å². The number of nitrogens with zero attached hydrogens (tertiary/aromatic N) is 2. The summed E-state index contributed by atoms with van der Waals surface area (Å²) in [4.78, 5) is 12.1. The minimum absolute atomic E-state index is 0.0512. The maximum absolute atomic E-state index is 12.1. The predicted octanol–water partition coefficient (Wildman–Crippen LogP) is 4.80. The van der Waals surface area contributed by atoms with Crippen LogP contribution in [-0.4, -0.2) is 21.9 Å². The lowest BCUT2D eigenvalue weighted by Crippen LogP contribution is -2.14. The standard InChI is InChI=1S/C21H21N3OS/c1-14-8-9-15(2)17(12-14)19-10-11-21(24-23-19)26-13-20(25)22-18-7-5-4-6-16(18)3/h4-12H,13H2,1-3H3,(H,22,25). The van der Waals surface area contributed by atoms with Crippen molar-refractivity contribution < 1.29 is 4.79 Å². The molecule has 0 unspecified atom stereocenters. The highest BCUT2D eigenvalue weighted by atomic mass is 32.2. The molecule has 1 N–H and O–H groups in total. The van der Waals surface area contributed by atoms with Crippen LogP contribution in [0.2, 0.25) is 0 Å². The van der Waals surface area contributed by atoms with Crippen molar-refractivity contribution in [2.45, 2.75) is 25.8 Å². The highest BCUT2D eigenvalue weighted by Gasteiger charge is 2.08. The summed E-state index contributed by atoms with van der Waals surface area (Å²) in [5.74, 6) is 0.246. The molecule has 1 amide bonds. The van der Waals surface area contributed by atoms with E-state index in [4.69, 9.17) is 0 Å².